The van der Waals surface area contributed by atoms with E-state index in [1.54, 1.807) is 0 Å². The van der Waals surface area contributed by atoms with E-state index in [1.807, 2.05) is 54.6 Å². The van der Waals surface area contributed by atoms with Gasteiger partial charge in [-0.3, -0.25) is 0 Å². The van der Waals surface area contributed by atoms with Gasteiger partial charge >= 0.3 is 0 Å². The van der Waals surface area contributed by atoms with Crippen molar-refractivity contribution in [3.05, 3.63) is 218 Å². The number of para-hydroxylation sites is 2. The second-order valence-electron chi connectivity index (χ2n) is 13.5. The van der Waals surface area contributed by atoms with Gasteiger partial charge < -0.3 is 10.0 Å². The number of phenolic OH excluding ortho intramolecular Hbond substituents is 1. The molecule has 9 aromatic carbocycles. The van der Waals surface area contributed by atoms with Crippen molar-refractivity contribution in [2.75, 3.05) is 4.90 Å². The molecule has 0 aliphatic heterocycles. The lowest BCUT2D eigenvalue weighted by Gasteiger charge is -2.26. The molecule has 0 atom stereocenters. The van der Waals surface area contributed by atoms with Gasteiger partial charge in [-0.25, -0.2) is 0 Å². The third-order valence-electron chi connectivity index (χ3n) is 10.2. The molecular formula is C52H37NO. The minimum atomic E-state index is 0.282. The van der Waals surface area contributed by atoms with Crippen LogP contribution >= 0.6 is 0 Å². The largest absolute Gasteiger partial charge is 0.507 e. The van der Waals surface area contributed by atoms with E-state index >= 15 is 0 Å². The molecule has 2 nitrogen and oxygen atoms in total. The number of phenols is 1. The highest BCUT2D eigenvalue weighted by atomic mass is 16.3. The summed E-state index contributed by atoms with van der Waals surface area (Å²) < 4.78 is 0. The third kappa shape index (κ3) is 6.21. The average molecular weight is 692 g/mol. The summed E-state index contributed by atoms with van der Waals surface area (Å²) in [6.07, 6.45) is 0. The summed E-state index contributed by atoms with van der Waals surface area (Å²) in [5.41, 5.74) is 13.7. The lowest BCUT2D eigenvalue weighted by atomic mass is 9.88. The molecule has 0 spiro atoms. The fraction of sp³-hybridized carbons (Fsp3) is 0. The number of benzene rings is 9. The van der Waals surface area contributed by atoms with Gasteiger partial charge in [0.2, 0.25) is 0 Å². The van der Waals surface area contributed by atoms with Crippen LogP contribution in [0.15, 0.2) is 218 Å². The Morgan fingerprint density at radius 3 is 1.31 bits per heavy atom. The monoisotopic (exact) mass is 691 g/mol. The van der Waals surface area contributed by atoms with E-state index in [0.717, 1.165) is 61.6 Å². The molecule has 0 saturated carbocycles. The van der Waals surface area contributed by atoms with E-state index in [0.29, 0.717) is 0 Å². The summed E-state index contributed by atoms with van der Waals surface area (Å²) in [6, 6.07) is 76.3. The standard InChI is InChI=1S/C52H37NO/c54-52-47(38-15-3-1-4-16-38)27-14-28-51(52)50-25-12-11-24-49(50)48-23-10-9-22-46(48)40-31-35-43(36-32-40)53(41-19-5-2-6-20-41)42-33-29-39(30-34-42)45-26-13-18-37-17-7-8-21-44(37)45/h1-36,54H. The second-order valence-corrected chi connectivity index (χ2v) is 13.5. The average Bonchev–Trinajstić information content (AvgIpc) is 3.25. The van der Waals surface area contributed by atoms with Gasteiger partial charge in [0.1, 0.15) is 5.75 Å². The van der Waals surface area contributed by atoms with Gasteiger partial charge in [0.15, 0.2) is 0 Å². The maximum Gasteiger partial charge on any atom is 0.131 e. The first-order chi connectivity index (χ1) is 26.7. The molecular weight excluding hydrogens is 655 g/mol. The molecule has 0 unspecified atom stereocenters. The molecule has 0 aromatic heterocycles. The number of anilines is 3. The van der Waals surface area contributed by atoms with Gasteiger partial charge in [0, 0.05) is 28.2 Å². The maximum atomic E-state index is 11.6. The number of nitrogens with zero attached hydrogens (tertiary/aromatic N) is 1. The SMILES string of the molecule is Oc1c(-c2ccccc2)cccc1-c1ccccc1-c1ccccc1-c1ccc(N(c2ccccc2)c2ccc(-c3cccc4ccccc34)cc2)cc1. The first-order valence-corrected chi connectivity index (χ1v) is 18.3. The number of rotatable bonds is 8. The molecule has 0 saturated heterocycles. The van der Waals surface area contributed by atoms with Crippen LogP contribution < -0.4 is 4.90 Å². The van der Waals surface area contributed by atoms with E-state index in [4.69, 9.17) is 0 Å². The molecule has 0 fully saturated rings. The van der Waals surface area contributed by atoms with Gasteiger partial charge in [0.25, 0.3) is 0 Å². The number of fused-ring (bicyclic) bond motifs is 1. The molecule has 256 valence electrons. The van der Waals surface area contributed by atoms with Crippen LogP contribution in [0, 0.1) is 0 Å². The first kappa shape index (κ1) is 32.7. The van der Waals surface area contributed by atoms with E-state index in [1.165, 1.54) is 21.9 Å². The van der Waals surface area contributed by atoms with Crippen LogP contribution in [0.25, 0.3) is 66.4 Å². The minimum Gasteiger partial charge on any atom is -0.507 e. The Balaban J connectivity index is 1.08. The quantitative estimate of drug-likeness (QED) is 0.171. The van der Waals surface area contributed by atoms with E-state index in [-0.39, 0.29) is 5.75 Å². The summed E-state index contributed by atoms with van der Waals surface area (Å²) in [5.74, 6) is 0.282. The maximum absolute atomic E-state index is 11.6. The second kappa shape index (κ2) is 14.5. The van der Waals surface area contributed by atoms with Crippen molar-refractivity contribution in [2.45, 2.75) is 0 Å². The highest BCUT2D eigenvalue weighted by Crippen LogP contribution is 2.44. The first-order valence-electron chi connectivity index (χ1n) is 18.3. The van der Waals surface area contributed by atoms with Crippen molar-refractivity contribution < 1.29 is 5.11 Å². The van der Waals surface area contributed by atoms with Crippen LogP contribution in [0.5, 0.6) is 5.75 Å². The fourth-order valence-electron chi connectivity index (χ4n) is 7.62. The molecule has 0 heterocycles. The molecule has 0 amide bonds. The van der Waals surface area contributed by atoms with Gasteiger partial charge in [-0.05, 0) is 91.7 Å². The molecule has 9 aromatic rings. The Morgan fingerprint density at radius 2 is 0.648 bits per heavy atom. The van der Waals surface area contributed by atoms with E-state index in [9.17, 15) is 5.11 Å². The number of aromatic hydroxyl groups is 1. The van der Waals surface area contributed by atoms with Crippen molar-refractivity contribution in [1.82, 2.24) is 0 Å². The van der Waals surface area contributed by atoms with E-state index < -0.39 is 0 Å². The van der Waals surface area contributed by atoms with Crippen molar-refractivity contribution in [3.63, 3.8) is 0 Å². The van der Waals surface area contributed by atoms with Crippen molar-refractivity contribution in [1.29, 1.82) is 0 Å². The van der Waals surface area contributed by atoms with Crippen molar-refractivity contribution >= 4 is 27.8 Å². The normalized spacial score (nSPS) is 11.0. The van der Waals surface area contributed by atoms with Gasteiger partial charge in [-0.2, -0.15) is 0 Å². The molecule has 0 radical (unpaired) electrons. The molecule has 9 rings (SSSR count). The zero-order valence-corrected chi connectivity index (χ0v) is 29.7. The molecule has 1 N–H and O–H groups in total. The fourth-order valence-corrected chi connectivity index (χ4v) is 7.62. The van der Waals surface area contributed by atoms with Crippen LogP contribution in [0.3, 0.4) is 0 Å². The zero-order valence-electron chi connectivity index (χ0n) is 29.7. The Kier molecular flexibility index (Phi) is 8.76. The summed E-state index contributed by atoms with van der Waals surface area (Å²) in [4.78, 5) is 2.31. The Morgan fingerprint density at radius 1 is 0.259 bits per heavy atom. The smallest absolute Gasteiger partial charge is 0.131 e. The summed E-state index contributed by atoms with van der Waals surface area (Å²) in [7, 11) is 0. The Bertz CT molecular complexity index is 2690. The summed E-state index contributed by atoms with van der Waals surface area (Å²) in [6.45, 7) is 0. The topological polar surface area (TPSA) is 23.5 Å². The van der Waals surface area contributed by atoms with Crippen LogP contribution in [-0.2, 0) is 0 Å². The molecule has 0 aliphatic carbocycles. The van der Waals surface area contributed by atoms with Gasteiger partial charge in [-0.15, -0.1) is 0 Å². The molecule has 0 bridgehead atoms. The molecule has 2 heteroatoms. The number of hydrogen-bond acceptors (Lipinski definition) is 2. The summed E-state index contributed by atoms with van der Waals surface area (Å²) >= 11 is 0. The highest BCUT2D eigenvalue weighted by molar-refractivity contribution is 5.97. The highest BCUT2D eigenvalue weighted by Gasteiger charge is 2.18. The Labute approximate surface area is 316 Å². The van der Waals surface area contributed by atoms with Gasteiger partial charge in [0.05, 0.1) is 0 Å². The number of hydrogen-bond donors (Lipinski definition) is 1. The third-order valence-corrected chi connectivity index (χ3v) is 10.2. The van der Waals surface area contributed by atoms with Crippen molar-refractivity contribution in [2.24, 2.45) is 0 Å². The minimum absolute atomic E-state index is 0.282. The van der Waals surface area contributed by atoms with Crippen LogP contribution in [-0.4, -0.2) is 5.11 Å². The van der Waals surface area contributed by atoms with E-state index in [2.05, 4.69) is 169 Å². The summed E-state index contributed by atoms with van der Waals surface area (Å²) in [5, 5.41) is 14.1. The molecule has 54 heavy (non-hydrogen) atoms. The van der Waals surface area contributed by atoms with Crippen molar-refractivity contribution in [3.8, 4) is 61.4 Å². The Hall–Kier alpha value is -7.16. The van der Waals surface area contributed by atoms with Crippen LogP contribution in [0.4, 0.5) is 17.1 Å². The predicted molar refractivity (Wildman–Crippen MR) is 227 cm³/mol. The van der Waals surface area contributed by atoms with Crippen LogP contribution in [0.2, 0.25) is 0 Å². The zero-order chi connectivity index (χ0) is 36.3. The van der Waals surface area contributed by atoms with Gasteiger partial charge in [-0.1, -0.05) is 182 Å². The lowest BCUT2D eigenvalue weighted by Crippen LogP contribution is -2.09. The lowest BCUT2D eigenvalue weighted by molar-refractivity contribution is 0.479. The molecule has 0 aliphatic rings. The van der Waals surface area contributed by atoms with Crippen LogP contribution in [0.1, 0.15) is 0 Å². The predicted octanol–water partition coefficient (Wildman–Crippen LogP) is 14.4.